The van der Waals surface area contributed by atoms with Crippen LogP contribution in [0.15, 0.2) is 77.9 Å². The number of benzene rings is 3. The molecule has 8 heteroatoms. The van der Waals surface area contributed by atoms with E-state index < -0.39 is 11.9 Å². The standard InChI is InChI=1S/C27H28N2O6/c1-3-16-33-23-13-11-21(12-14-23)27(31)35-24-15-10-20(17-25(24)32-4-2)18-28-29-26(30)19-34-22-8-6-5-7-9-22/h5-15,17-18H,3-4,16,19H2,1-2H3,(H,29,30). The van der Waals surface area contributed by atoms with E-state index in [2.05, 4.69) is 10.5 Å². The van der Waals surface area contributed by atoms with Gasteiger partial charge < -0.3 is 18.9 Å². The molecule has 0 saturated carbocycles. The molecular weight excluding hydrogens is 448 g/mol. The molecule has 3 rings (SSSR count). The Hall–Kier alpha value is -4.33. The topological polar surface area (TPSA) is 95.5 Å². The van der Waals surface area contributed by atoms with Gasteiger partial charge in [-0.3, -0.25) is 4.79 Å². The number of hydrogen-bond donors (Lipinski definition) is 1. The summed E-state index contributed by atoms with van der Waals surface area (Å²) in [5.41, 5.74) is 3.45. The van der Waals surface area contributed by atoms with Crippen molar-refractivity contribution in [1.29, 1.82) is 0 Å². The summed E-state index contributed by atoms with van der Waals surface area (Å²) in [6.45, 7) is 4.68. The molecule has 0 aliphatic rings. The van der Waals surface area contributed by atoms with Gasteiger partial charge in [0.2, 0.25) is 0 Å². The number of nitrogens with one attached hydrogen (secondary N) is 1. The first-order valence-corrected chi connectivity index (χ1v) is 11.3. The first-order valence-electron chi connectivity index (χ1n) is 11.3. The minimum Gasteiger partial charge on any atom is -0.494 e. The number of ether oxygens (including phenoxy) is 4. The van der Waals surface area contributed by atoms with Crippen molar-refractivity contribution >= 4 is 18.1 Å². The van der Waals surface area contributed by atoms with Crippen LogP contribution in [0.4, 0.5) is 0 Å². The SMILES string of the molecule is CCCOc1ccc(C(=O)Oc2ccc(C=NNC(=O)COc3ccccc3)cc2OCC)cc1. The Balaban J connectivity index is 1.58. The summed E-state index contributed by atoms with van der Waals surface area (Å²) in [5, 5.41) is 3.94. The third-order valence-corrected chi connectivity index (χ3v) is 4.55. The van der Waals surface area contributed by atoms with Gasteiger partial charge in [0, 0.05) is 0 Å². The van der Waals surface area contributed by atoms with Crippen LogP contribution < -0.4 is 24.4 Å². The van der Waals surface area contributed by atoms with Crippen LogP contribution in [-0.2, 0) is 4.79 Å². The average Bonchev–Trinajstić information content (AvgIpc) is 2.88. The number of esters is 1. The monoisotopic (exact) mass is 476 g/mol. The summed E-state index contributed by atoms with van der Waals surface area (Å²) in [5.74, 6) is 1.04. The van der Waals surface area contributed by atoms with Gasteiger partial charge in [-0.1, -0.05) is 25.1 Å². The third kappa shape index (κ3) is 8.19. The predicted molar refractivity (Wildman–Crippen MR) is 132 cm³/mol. The Morgan fingerprint density at radius 3 is 2.31 bits per heavy atom. The quantitative estimate of drug-likeness (QED) is 0.177. The molecule has 0 fully saturated rings. The van der Waals surface area contributed by atoms with E-state index in [4.69, 9.17) is 18.9 Å². The van der Waals surface area contributed by atoms with E-state index in [0.717, 1.165) is 6.42 Å². The van der Waals surface area contributed by atoms with E-state index in [1.165, 1.54) is 6.21 Å². The smallest absolute Gasteiger partial charge is 0.343 e. The summed E-state index contributed by atoms with van der Waals surface area (Å²) >= 11 is 0. The van der Waals surface area contributed by atoms with Crippen molar-refractivity contribution in [3.8, 4) is 23.0 Å². The first-order chi connectivity index (χ1) is 17.1. The fraction of sp³-hybridized carbons (Fsp3) is 0.222. The molecule has 0 atom stereocenters. The van der Waals surface area contributed by atoms with Crippen LogP contribution in [0.25, 0.3) is 0 Å². The highest BCUT2D eigenvalue weighted by Gasteiger charge is 2.13. The van der Waals surface area contributed by atoms with Crippen molar-refractivity contribution in [2.75, 3.05) is 19.8 Å². The van der Waals surface area contributed by atoms with Crippen LogP contribution in [-0.4, -0.2) is 37.9 Å². The van der Waals surface area contributed by atoms with Crippen molar-refractivity contribution < 1.29 is 28.5 Å². The van der Waals surface area contributed by atoms with Crippen LogP contribution in [0.5, 0.6) is 23.0 Å². The summed E-state index contributed by atoms with van der Waals surface area (Å²) in [6.07, 6.45) is 2.36. The minimum absolute atomic E-state index is 0.161. The van der Waals surface area contributed by atoms with E-state index >= 15 is 0 Å². The number of carbonyl (C=O) groups is 2. The van der Waals surface area contributed by atoms with Gasteiger partial charge in [0.25, 0.3) is 5.91 Å². The van der Waals surface area contributed by atoms with E-state index in [-0.39, 0.29) is 12.4 Å². The average molecular weight is 477 g/mol. The molecule has 3 aromatic carbocycles. The fourth-order valence-corrected chi connectivity index (χ4v) is 2.90. The lowest BCUT2D eigenvalue weighted by Crippen LogP contribution is -2.24. The van der Waals surface area contributed by atoms with E-state index in [9.17, 15) is 9.59 Å². The maximum absolute atomic E-state index is 12.6. The molecule has 0 aliphatic carbocycles. The molecule has 8 nitrogen and oxygen atoms in total. The van der Waals surface area contributed by atoms with Crippen molar-refractivity contribution in [2.45, 2.75) is 20.3 Å². The highest BCUT2D eigenvalue weighted by atomic mass is 16.6. The number of carbonyl (C=O) groups excluding carboxylic acids is 2. The number of para-hydroxylation sites is 1. The maximum atomic E-state index is 12.6. The fourth-order valence-electron chi connectivity index (χ4n) is 2.90. The molecule has 35 heavy (non-hydrogen) atoms. The molecular formula is C27H28N2O6. The molecule has 0 aliphatic heterocycles. The lowest BCUT2D eigenvalue weighted by molar-refractivity contribution is -0.123. The van der Waals surface area contributed by atoms with Gasteiger partial charge in [-0.15, -0.1) is 0 Å². The van der Waals surface area contributed by atoms with Gasteiger partial charge in [0.15, 0.2) is 18.1 Å². The van der Waals surface area contributed by atoms with Crippen LogP contribution in [0, 0.1) is 0 Å². The zero-order valence-corrected chi connectivity index (χ0v) is 19.7. The molecule has 3 aromatic rings. The number of rotatable bonds is 12. The predicted octanol–water partition coefficient (Wildman–Crippen LogP) is 4.62. The molecule has 0 heterocycles. The molecule has 1 amide bonds. The second-order valence-electron chi connectivity index (χ2n) is 7.30. The Morgan fingerprint density at radius 1 is 0.857 bits per heavy atom. The second kappa shape index (κ2) is 13.4. The second-order valence-corrected chi connectivity index (χ2v) is 7.30. The van der Waals surface area contributed by atoms with E-state index in [1.807, 2.05) is 32.0 Å². The third-order valence-electron chi connectivity index (χ3n) is 4.55. The largest absolute Gasteiger partial charge is 0.494 e. The summed E-state index contributed by atoms with van der Waals surface area (Å²) in [7, 11) is 0. The van der Waals surface area contributed by atoms with Crippen LogP contribution in [0.2, 0.25) is 0 Å². The van der Waals surface area contributed by atoms with Crippen molar-refractivity contribution in [3.05, 3.63) is 83.9 Å². The van der Waals surface area contributed by atoms with E-state index in [1.54, 1.807) is 54.6 Å². The van der Waals surface area contributed by atoms with Gasteiger partial charge in [-0.05, 0) is 73.5 Å². The van der Waals surface area contributed by atoms with Gasteiger partial charge in [0.1, 0.15) is 11.5 Å². The minimum atomic E-state index is -0.514. The first kappa shape index (κ1) is 25.3. The zero-order valence-electron chi connectivity index (χ0n) is 19.7. The van der Waals surface area contributed by atoms with Crippen molar-refractivity contribution in [2.24, 2.45) is 5.10 Å². The normalized spacial score (nSPS) is 10.6. The van der Waals surface area contributed by atoms with Gasteiger partial charge >= 0.3 is 5.97 Å². The lowest BCUT2D eigenvalue weighted by atomic mass is 10.2. The van der Waals surface area contributed by atoms with Crippen LogP contribution >= 0.6 is 0 Å². The van der Waals surface area contributed by atoms with Crippen molar-refractivity contribution in [3.63, 3.8) is 0 Å². The highest BCUT2D eigenvalue weighted by molar-refractivity contribution is 5.92. The van der Waals surface area contributed by atoms with Gasteiger partial charge in [0.05, 0.1) is 25.0 Å². The summed E-state index contributed by atoms with van der Waals surface area (Å²) < 4.78 is 22.1. The Bertz CT molecular complexity index is 1130. The van der Waals surface area contributed by atoms with Crippen LogP contribution in [0.1, 0.15) is 36.2 Å². The molecule has 1 N–H and O–H groups in total. The molecule has 0 aromatic heterocycles. The Kier molecular flexibility index (Phi) is 9.68. The summed E-state index contributed by atoms with van der Waals surface area (Å²) in [6, 6.07) is 20.8. The Morgan fingerprint density at radius 2 is 1.60 bits per heavy atom. The Labute approximate surface area is 204 Å². The highest BCUT2D eigenvalue weighted by Crippen LogP contribution is 2.29. The molecule has 0 bridgehead atoms. The van der Waals surface area contributed by atoms with Gasteiger partial charge in [-0.2, -0.15) is 5.10 Å². The van der Waals surface area contributed by atoms with Crippen LogP contribution in [0.3, 0.4) is 0 Å². The number of hydrazone groups is 1. The summed E-state index contributed by atoms with van der Waals surface area (Å²) in [4.78, 5) is 24.5. The molecule has 0 spiro atoms. The number of hydrogen-bond acceptors (Lipinski definition) is 7. The number of amides is 1. The van der Waals surface area contributed by atoms with E-state index in [0.29, 0.717) is 41.6 Å². The molecule has 0 unspecified atom stereocenters. The van der Waals surface area contributed by atoms with Crippen molar-refractivity contribution in [1.82, 2.24) is 5.43 Å². The molecule has 0 saturated heterocycles. The lowest BCUT2D eigenvalue weighted by Gasteiger charge is -2.12. The van der Waals surface area contributed by atoms with Gasteiger partial charge in [-0.25, -0.2) is 10.2 Å². The molecule has 182 valence electrons. The zero-order chi connectivity index (χ0) is 24.9. The maximum Gasteiger partial charge on any atom is 0.343 e. The number of nitrogens with zero attached hydrogens (tertiary/aromatic N) is 1. The molecule has 0 radical (unpaired) electrons.